The first-order chi connectivity index (χ1) is 8.86. The minimum Gasteiger partial charge on any atom is -0.451 e. The quantitative estimate of drug-likeness (QED) is 0.761. The number of fused-ring (bicyclic) bond motifs is 1. The lowest BCUT2D eigenvalue weighted by molar-refractivity contribution is 0.411. The first-order valence-corrected chi connectivity index (χ1v) is 5.88. The number of rotatable bonds is 4. The van der Waals surface area contributed by atoms with Crippen LogP contribution in [0.3, 0.4) is 0 Å². The van der Waals surface area contributed by atoms with Gasteiger partial charge in [-0.25, -0.2) is 0 Å². The number of nitrogens with two attached hydrogens (primary N) is 1. The van der Waals surface area contributed by atoms with Crippen LogP contribution in [-0.4, -0.2) is 16.7 Å². The maximum atomic E-state index is 5.65. The molecule has 1 aromatic carbocycles. The molecule has 0 fully saturated rings. The number of furan rings is 1. The van der Waals surface area contributed by atoms with E-state index in [1.807, 2.05) is 30.3 Å². The Morgan fingerprint density at radius 2 is 2.11 bits per heavy atom. The van der Waals surface area contributed by atoms with Gasteiger partial charge in [0.1, 0.15) is 5.58 Å². The first-order valence-electron chi connectivity index (χ1n) is 5.88. The number of aryl methyl sites for hydroxylation is 1. The van der Waals surface area contributed by atoms with Crippen molar-refractivity contribution in [2.24, 2.45) is 5.73 Å². The highest BCUT2D eigenvalue weighted by molar-refractivity contribution is 5.81. The van der Waals surface area contributed by atoms with E-state index in [-0.39, 0.29) is 0 Å². The van der Waals surface area contributed by atoms with Gasteiger partial charge in [-0.05, 0) is 25.1 Å². The molecule has 92 valence electrons. The second kappa shape index (κ2) is 4.62. The third-order valence-corrected chi connectivity index (χ3v) is 2.71. The van der Waals surface area contributed by atoms with Crippen molar-refractivity contribution in [2.75, 3.05) is 6.54 Å². The van der Waals surface area contributed by atoms with E-state index in [1.165, 1.54) is 0 Å². The van der Waals surface area contributed by atoms with Gasteiger partial charge in [0, 0.05) is 11.8 Å². The third kappa shape index (κ3) is 2.00. The van der Waals surface area contributed by atoms with Gasteiger partial charge in [0.05, 0.1) is 0 Å². The van der Waals surface area contributed by atoms with Gasteiger partial charge in [-0.15, -0.1) is 0 Å². The van der Waals surface area contributed by atoms with Gasteiger partial charge in [-0.1, -0.05) is 23.4 Å². The van der Waals surface area contributed by atoms with Gasteiger partial charge in [0.25, 0.3) is 5.89 Å². The van der Waals surface area contributed by atoms with Crippen LogP contribution in [0.4, 0.5) is 0 Å². The van der Waals surface area contributed by atoms with Crippen LogP contribution in [0.1, 0.15) is 12.2 Å². The molecule has 3 aromatic rings. The molecule has 2 aromatic heterocycles. The van der Waals surface area contributed by atoms with E-state index in [9.17, 15) is 0 Å². The number of benzene rings is 1. The second-order valence-electron chi connectivity index (χ2n) is 4.06. The Morgan fingerprint density at radius 1 is 1.22 bits per heavy atom. The van der Waals surface area contributed by atoms with Crippen molar-refractivity contribution in [1.29, 1.82) is 0 Å². The summed E-state index contributed by atoms with van der Waals surface area (Å²) in [5.41, 5.74) is 6.25. The van der Waals surface area contributed by atoms with E-state index in [4.69, 9.17) is 14.7 Å². The molecule has 0 atom stereocenters. The average Bonchev–Trinajstić information content (AvgIpc) is 3.02. The Morgan fingerprint density at radius 3 is 2.94 bits per heavy atom. The molecule has 0 saturated heterocycles. The summed E-state index contributed by atoms with van der Waals surface area (Å²) in [5, 5.41) is 4.92. The highest BCUT2D eigenvalue weighted by Crippen LogP contribution is 2.26. The molecule has 0 amide bonds. The van der Waals surface area contributed by atoms with Crippen molar-refractivity contribution in [2.45, 2.75) is 12.8 Å². The first kappa shape index (κ1) is 11.0. The van der Waals surface area contributed by atoms with Crippen molar-refractivity contribution in [3.63, 3.8) is 0 Å². The van der Waals surface area contributed by atoms with Gasteiger partial charge >= 0.3 is 0 Å². The number of para-hydroxylation sites is 1. The predicted molar refractivity (Wildman–Crippen MR) is 66.9 cm³/mol. The SMILES string of the molecule is NCCCc1noc(-c2cc3ccccc3o2)n1. The molecular weight excluding hydrogens is 230 g/mol. The van der Waals surface area contributed by atoms with E-state index in [0.717, 1.165) is 23.8 Å². The molecule has 0 radical (unpaired) electrons. The molecule has 3 rings (SSSR count). The Kier molecular flexibility index (Phi) is 2.82. The predicted octanol–water partition coefficient (Wildman–Crippen LogP) is 2.37. The van der Waals surface area contributed by atoms with Gasteiger partial charge in [0.2, 0.25) is 0 Å². The summed E-state index contributed by atoms with van der Waals surface area (Å²) >= 11 is 0. The number of hydrogen-bond acceptors (Lipinski definition) is 5. The lowest BCUT2D eigenvalue weighted by Crippen LogP contribution is -2.01. The monoisotopic (exact) mass is 243 g/mol. The van der Waals surface area contributed by atoms with E-state index in [1.54, 1.807) is 0 Å². The Balaban J connectivity index is 1.91. The summed E-state index contributed by atoms with van der Waals surface area (Å²) in [6, 6.07) is 9.67. The highest BCUT2D eigenvalue weighted by Gasteiger charge is 2.13. The number of hydrogen-bond donors (Lipinski definition) is 1. The molecule has 0 aliphatic heterocycles. The Labute approximate surface area is 104 Å². The lowest BCUT2D eigenvalue weighted by atomic mass is 10.2. The summed E-state index contributed by atoms with van der Waals surface area (Å²) in [5.74, 6) is 1.68. The summed E-state index contributed by atoms with van der Waals surface area (Å²) < 4.78 is 10.8. The fourth-order valence-corrected chi connectivity index (χ4v) is 1.80. The molecule has 0 unspecified atom stereocenters. The molecule has 2 heterocycles. The third-order valence-electron chi connectivity index (χ3n) is 2.71. The van der Waals surface area contributed by atoms with Gasteiger partial charge < -0.3 is 14.7 Å². The topological polar surface area (TPSA) is 78.1 Å². The molecule has 0 bridgehead atoms. The largest absolute Gasteiger partial charge is 0.451 e. The molecule has 0 aliphatic carbocycles. The van der Waals surface area contributed by atoms with Crippen molar-refractivity contribution in [1.82, 2.24) is 10.1 Å². The summed E-state index contributed by atoms with van der Waals surface area (Å²) in [6.45, 7) is 0.620. The van der Waals surface area contributed by atoms with Gasteiger partial charge in [-0.2, -0.15) is 4.98 Å². The van der Waals surface area contributed by atoms with E-state index < -0.39 is 0 Å². The van der Waals surface area contributed by atoms with Crippen LogP contribution in [0.15, 0.2) is 39.3 Å². The number of aromatic nitrogens is 2. The van der Waals surface area contributed by atoms with Crippen LogP contribution >= 0.6 is 0 Å². The van der Waals surface area contributed by atoms with Crippen LogP contribution in [0.25, 0.3) is 22.6 Å². The Bertz CT molecular complexity index is 624. The standard InChI is InChI=1S/C13H13N3O2/c14-7-3-6-12-15-13(18-16-12)11-8-9-4-1-2-5-10(9)17-11/h1-2,4-5,8H,3,6-7,14H2. The van der Waals surface area contributed by atoms with Crippen molar-refractivity contribution in [3.05, 3.63) is 36.2 Å². The zero-order valence-corrected chi connectivity index (χ0v) is 9.80. The van der Waals surface area contributed by atoms with Gasteiger partial charge in [0.15, 0.2) is 11.6 Å². The fraction of sp³-hybridized carbons (Fsp3) is 0.231. The number of nitrogens with zero attached hydrogens (tertiary/aromatic N) is 2. The van der Waals surface area contributed by atoms with Crippen molar-refractivity contribution in [3.8, 4) is 11.7 Å². The highest BCUT2D eigenvalue weighted by atomic mass is 16.5. The van der Waals surface area contributed by atoms with Crippen LogP contribution < -0.4 is 5.73 Å². The van der Waals surface area contributed by atoms with Crippen LogP contribution in [0.2, 0.25) is 0 Å². The summed E-state index contributed by atoms with van der Waals surface area (Å²) in [4.78, 5) is 4.29. The van der Waals surface area contributed by atoms with E-state index in [2.05, 4.69) is 10.1 Å². The molecular formula is C13H13N3O2. The normalized spacial score (nSPS) is 11.2. The minimum atomic E-state index is 0.415. The van der Waals surface area contributed by atoms with E-state index in [0.29, 0.717) is 24.0 Å². The molecule has 2 N–H and O–H groups in total. The zero-order valence-electron chi connectivity index (χ0n) is 9.80. The minimum absolute atomic E-state index is 0.415. The average molecular weight is 243 g/mol. The fourth-order valence-electron chi connectivity index (χ4n) is 1.80. The lowest BCUT2D eigenvalue weighted by Gasteiger charge is -1.88. The molecule has 5 nitrogen and oxygen atoms in total. The zero-order chi connectivity index (χ0) is 12.4. The van der Waals surface area contributed by atoms with E-state index >= 15 is 0 Å². The Hall–Kier alpha value is -2.14. The molecule has 0 aliphatic rings. The van der Waals surface area contributed by atoms with Crippen LogP contribution in [0.5, 0.6) is 0 Å². The van der Waals surface area contributed by atoms with Gasteiger partial charge in [-0.3, -0.25) is 0 Å². The van der Waals surface area contributed by atoms with Crippen LogP contribution in [0, 0.1) is 0 Å². The van der Waals surface area contributed by atoms with Crippen LogP contribution in [-0.2, 0) is 6.42 Å². The molecule has 5 heteroatoms. The van der Waals surface area contributed by atoms with Crippen molar-refractivity contribution >= 4 is 11.0 Å². The molecule has 0 spiro atoms. The summed E-state index contributed by atoms with van der Waals surface area (Å²) in [7, 11) is 0. The maximum absolute atomic E-state index is 5.65. The molecule has 0 saturated carbocycles. The van der Waals surface area contributed by atoms with Crippen molar-refractivity contribution < 1.29 is 8.94 Å². The maximum Gasteiger partial charge on any atom is 0.293 e. The smallest absolute Gasteiger partial charge is 0.293 e. The summed E-state index contributed by atoms with van der Waals surface area (Å²) in [6.07, 6.45) is 1.57. The second-order valence-corrected chi connectivity index (χ2v) is 4.06. The molecule has 18 heavy (non-hydrogen) atoms.